The molecule has 0 aliphatic carbocycles. The molecule has 1 aliphatic heterocycles. The highest BCUT2D eigenvalue weighted by molar-refractivity contribution is 7.85. The highest BCUT2D eigenvalue weighted by Gasteiger charge is 2.30. The molecule has 210 valence electrons. The van der Waals surface area contributed by atoms with Gasteiger partial charge in [0.15, 0.2) is 11.0 Å². The zero-order chi connectivity index (χ0) is 28.5. The summed E-state index contributed by atoms with van der Waals surface area (Å²) in [6, 6.07) is 7.46. The Hall–Kier alpha value is -1.94. The van der Waals surface area contributed by atoms with Gasteiger partial charge in [-0.3, -0.25) is 0 Å². The lowest BCUT2D eigenvalue weighted by atomic mass is 10.2. The number of benzene rings is 2. The van der Waals surface area contributed by atoms with E-state index in [1.54, 1.807) is 0 Å². The van der Waals surface area contributed by atoms with Crippen molar-refractivity contribution < 1.29 is 17.5 Å². The monoisotopic (exact) mass is 630 g/mol. The Kier molecular flexibility index (Phi) is 9.46. The van der Waals surface area contributed by atoms with Crippen molar-refractivity contribution in [1.29, 1.82) is 0 Å². The number of anilines is 2. The average Bonchev–Trinajstić information content (AvgIpc) is 3.32. The quantitative estimate of drug-likeness (QED) is 0.135. The smallest absolute Gasteiger partial charge is 0.282 e. The molecule has 0 atom stereocenters. The number of allylic oxidation sites excluding steroid dienone is 2. The summed E-state index contributed by atoms with van der Waals surface area (Å²) in [6.45, 7) is 8.90. The topological polar surface area (TPSA) is 72.5 Å². The van der Waals surface area contributed by atoms with Crippen LogP contribution in [-0.4, -0.2) is 36.4 Å². The molecule has 0 bridgehead atoms. The van der Waals surface area contributed by atoms with E-state index < -0.39 is 15.9 Å². The van der Waals surface area contributed by atoms with Crippen LogP contribution in [0, 0.1) is 0 Å². The Morgan fingerprint density at radius 2 is 1.41 bits per heavy atom. The molecular formula is C27H30Cl4N4O3S. The van der Waals surface area contributed by atoms with Crippen molar-refractivity contribution in [3.8, 4) is 0 Å². The first kappa shape index (κ1) is 30.0. The fourth-order valence-corrected chi connectivity index (χ4v) is 6.25. The van der Waals surface area contributed by atoms with Gasteiger partial charge in [0.25, 0.3) is 5.82 Å². The summed E-state index contributed by atoms with van der Waals surface area (Å²) < 4.78 is 37.5. The van der Waals surface area contributed by atoms with Gasteiger partial charge in [-0.15, -0.1) is 0 Å². The highest BCUT2D eigenvalue weighted by Crippen LogP contribution is 2.45. The van der Waals surface area contributed by atoms with Gasteiger partial charge in [-0.2, -0.15) is 0 Å². The molecule has 39 heavy (non-hydrogen) atoms. The van der Waals surface area contributed by atoms with Gasteiger partial charge in [-0.1, -0.05) is 52.5 Å². The second kappa shape index (κ2) is 12.3. The van der Waals surface area contributed by atoms with E-state index in [1.807, 2.05) is 43.3 Å². The van der Waals surface area contributed by atoms with Gasteiger partial charge in [0, 0.05) is 37.1 Å². The van der Waals surface area contributed by atoms with Crippen LogP contribution in [0.2, 0.25) is 20.1 Å². The van der Waals surface area contributed by atoms with E-state index in [-0.39, 0.29) is 6.42 Å². The molecule has 1 aliphatic rings. The molecule has 0 spiro atoms. The van der Waals surface area contributed by atoms with Gasteiger partial charge in [0.2, 0.25) is 0 Å². The Bertz CT molecular complexity index is 1530. The van der Waals surface area contributed by atoms with Crippen molar-refractivity contribution in [3.05, 3.63) is 68.2 Å². The molecular weight excluding hydrogens is 602 g/mol. The number of halogens is 4. The van der Waals surface area contributed by atoms with Crippen molar-refractivity contribution in [3.63, 3.8) is 0 Å². The highest BCUT2D eigenvalue weighted by atomic mass is 35.5. The molecule has 0 saturated carbocycles. The van der Waals surface area contributed by atoms with Crippen LogP contribution in [0.25, 0.3) is 17.1 Å². The van der Waals surface area contributed by atoms with E-state index in [9.17, 15) is 13.0 Å². The van der Waals surface area contributed by atoms with E-state index in [1.165, 1.54) is 0 Å². The van der Waals surface area contributed by atoms with E-state index in [2.05, 4.69) is 38.9 Å². The van der Waals surface area contributed by atoms with Gasteiger partial charge < -0.3 is 14.4 Å². The van der Waals surface area contributed by atoms with Gasteiger partial charge in [-0.25, -0.2) is 17.6 Å². The molecule has 0 radical (unpaired) electrons. The third-order valence-corrected chi connectivity index (χ3v) is 9.00. The fourth-order valence-electron chi connectivity index (χ4n) is 5.06. The molecule has 12 heteroatoms. The number of fused-ring (bicyclic) bond motifs is 2. The summed E-state index contributed by atoms with van der Waals surface area (Å²) in [5.74, 6) is 1.51. The van der Waals surface area contributed by atoms with Crippen LogP contribution in [0.5, 0.6) is 0 Å². The summed E-state index contributed by atoms with van der Waals surface area (Å²) in [5, 5.41) is 1.91. The number of aryl methyl sites for hydroxylation is 2. The number of imidazole rings is 1. The second-order valence-electron chi connectivity index (χ2n) is 9.11. The van der Waals surface area contributed by atoms with E-state index in [0.29, 0.717) is 39.6 Å². The maximum atomic E-state index is 11.1. The Morgan fingerprint density at radius 1 is 0.846 bits per heavy atom. The minimum absolute atomic E-state index is 0.270. The third-order valence-electron chi connectivity index (χ3n) is 6.77. The van der Waals surface area contributed by atoms with Crippen LogP contribution in [0.3, 0.4) is 0 Å². The first-order valence-electron chi connectivity index (χ1n) is 12.8. The lowest BCUT2D eigenvalue weighted by Gasteiger charge is -2.23. The zero-order valence-corrected chi connectivity index (χ0v) is 25.8. The van der Waals surface area contributed by atoms with Gasteiger partial charge in [0.05, 0.1) is 54.7 Å². The molecule has 2 aromatic carbocycles. The molecule has 2 heterocycles. The van der Waals surface area contributed by atoms with Gasteiger partial charge in [0.1, 0.15) is 5.82 Å². The maximum absolute atomic E-state index is 11.1. The number of unbranched alkanes of at least 4 members (excludes halogenated alkanes) is 1. The summed E-state index contributed by atoms with van der Waals surface area (Å²) in [5.41, 5.74) is 3.80. The van der Waals surface area contributed by atoms with Crippen LogP contribution in [0.1, 0.15) is 39.4 Å². The summed E-state index contributed by atoms with van der Waals surface area (Å²) >= 11 is 25.4. The molecule has 3 aromatic rings. The molecule has 4 rings (SSSR count). The first-order chi connectivity index (χ1) is 18.5. The minimum Gasteiger partial charge on any atom is -0.748 e. The van der Waals surface area contributed by atoms with Crippen molar-refractivity contribution in [2.75, 3.05) is 28.6 Å². The van der Waals surface area contributed by atoms with E-state index >= 15 is 0 Å². The van der Waals surface area contributed by atoms with E-state index in [4.69, 9.17) is 46.4 Å². The van der Waals surface area contributed by atoms with Crippen LogP contribution in [0.15, 0.2) is 42.2 Å². The number of hydrogen-bond acceptors (Lipinski definition) is 5. The summed E-state index contributed by atoms with van der Waals surface area (Å²) in [4.78, 5) is 4.38. The number of hydrogen-bond donors (Lipinski definition) is 0. The summed E-state index contributed by atoms with van der Waals surface area (Å²) in [7, 11) is -4.26. The van der Waals surface area contributed by atoms with Crippen LogP contribution < -0.4 is 14.4 Å². The largest absolute Gasteiger partial charge is 0.748 e. The molecule has 0 unspecified atom stereocenters. The van der Waals surface area contributed by atoms with Crippen molar-refractivity contribution in [2.45, 2.75) is 46.7 Å². The predicted octanol–water partition coefficient (Wildman–Crippen LogP) is 7.11. The predicted molar refractivity (Wildman–Crippen MR) is 161 cm³/mol. The molecule has 0 amide bonds. The number of rotatable bonds is 10. The third kappa shape index (κ3) is 6.21. The molecule has 0 saturated heterocycles. The molecule has 0 N–H and O–H groups in total. The van der Waals surface area contributed by atoms with Gasteiger partial charge in [-0.05, 0) is 51.8 Å². The van der Waals surface area contributed by atoms with Crippen LogP contribution in [0.4, 0.5) is 11.4 Å². The van der Waals surface area contributed by atoms with Gasteiger partial charge >= 0.3 is 0 Å². The SMILES string of the molecule is CCN1C(=CC=Cc2n(CC)c3cc(Cl)c(Cl)cc3[n+]2CCCCS(=O)(=O)[O-])N(CC)c2cc(Cl)c(Cl)cc21. The Balaban J connectivity index is 1.76. The van der Waals surface area contributed by atoms with Crippen molar-refractivity contribution in [1.82, 2.24) is 4.57 Å². The second-order valence-corrected chi connectivity index (χ2v) is 12.3. The Labute approximate surface area is 249 Å². The Morgan fingerprint density at radius 3 is 1.95 bits per heavy atom. The molecule has 0 fully saturated rings. The normalized spacial score (nSPS) is 13.8. The molecule has 7 nitrogen and oxygen atoms in total. The number of nitrogens with zero attached hydrogens (tertiary/aromatic N) is 4. The number of aromatic nitrogens is 2. The lowest BCUT2D eigenvalue weighted by molar-refractivity contribution is -0.674. The summed E-state index contributed by atoms with van der Waals surface area (Å²) in [6.07, 6.45) is 6.86. The van der Waals surface area contributed by atoms with Crippen molar-refractivity contribution >= 4 is 85.0 Å². The minimum atomic E-state index is -4.26. The van der Waals surface area contributed by atoms with Crippen LogP contribution in [-0.2, 0) is 23.2 Å². The lowest BCUT2D eigenvalue weighted by Crippen LogP contribution is -2.36. The maximum Gasteiger partial charge on any atom is 0.282 e. The zero-order valence-electron chi connectivity index (χ0n) is 21.9. The fraction of sp³-hybridized carbons (Fsp3) is 0.370. The standard InChI is InChI=1S/C27H30Cl4N4O3S/c1-4-32-22-14-18(28)19(29)15-23(22)33(5-2)26(32)10-9-11-27-34(6-3)24-16-20(30)21(31)17-25(24)35(27)12-7-8-13-39(36,37)38/h9-11,14-17H,4-8,12-13H2,1-3H3. The van der Waals surface area contributed by atoms with Crippen molar-refractivity contribution in [2.24, 2.45) is 0 Å². The average molecular weight is 632 g/mol. The first-order valence-corrected chi connectivity index (χ1v) is 15.9. The van der Waals surface area contributed by atoms with E-state index in [0.717, 1.165) is 47.1 Å². The molecule has 1 aromatic heterocycles. The van der Waals surface area contributed by atoms with Crippen LogP contribution >= 0.6 is 46.4 Å².